The first-order valence-electron chi connectivity index (χ1n) is 12.5. The molecule has 10 heteroatoms. The van der Waals surface area contributed by atoms with Crippen molar-refractivity contribution in [1.82, 2.24) is 0 Å². The van der Waals surface area contributed by atoms with Gasteiger partial charge in [0.25, 0.3) is 0 Å². The van der Waals surface area contributed by atoms with Gasteiger partial charge in [-0.3, -0.25) is 14.4 Å². The number of rotatable bonds is 14. The van der Waals surface area contributed by atoms with E-state index in [0.717, 1.165) is 0 Å². The zero-order chi connectivity index (χ0) is 28.3. The summed E-state index contributed by atoms with van der Waals surface area (Å²) in [5, 5.41) is 9.87. The molecule has 0 aliphatic rings. The third kappa shape index (κ3) is 12.1. The molecule has 0 saturated heterocycles. The van der Waals surface area contributed by atoms with Gasteiger partial charge in [0.05, 0.1) is 6.61 Å². The van der Waals surface area contributed by atoms with Crippen molar-refractivity contribution in [3.63, 3.8) is 0 Å². The number of hydrogen-bond donors (Lipinski definition) is 2. The van der Waals surface area contributed by atoms with E-state index in [1.54, 1.807) is 6.07 Å². The number of carboxylic acid groups (broad SMARTS) is 1. The van der Waals surface area contributed by atoms with Crippen LogP contribution in [-0.2, 0) is 30.3 Å². The van der Waals surface area contributed by atoms with Crippen LogP contribution >= 0.6 is 0 Å². The molecule has 0 heterocycles. The third-order valence-electron chi connectivity index (χ3n) is 5.03. The lowest BCUT2D eigenvalue weighted by Gasteiger charge is -2.28. The van der Waals surface area contributed by atoms with Crippen LogP contribution in [-0.4, -0.2) is 47.4 Å². The molecule has 3 N–H and O–H groups in total. The number of carboxylic acids is 1. The molecule has 0 amide bonds. The third-order valence-corrected chi connectivity index (χ3v) is 5.03. The summed E-state index contributed by atoms with van der Waals surface area (Å²) in [7, 11) is 0. The molecule has 0 spiro atoms. The summed E-state index contributed by atoms with van der Waals surface area (Å²) in [4.78, 5) is 48.5. The highest BCUT2D eigenvalue weighted by atomic mass is 16.7. The molecule has 0 bridgehead atoms. The molecular weight excluding hydrogens is 482 g/mol. The van der Waals surface area contributed by atoms with Crippen LogP contribution in [0.1, 0.15) is 73.3 Å². The lowest BCUT2D eigenvalue weighted by atomic mass is 9.86. The van der Waals surface area contributed by atoms with E-state index in [9.17, 15) is 24.3 Å². The van der Waals surface area contributed by atoms with Crippen molar-refractivity contribution in [2.75, 3.05) is 6.61 Å². The molecule has 0 aromatic heterocycles. The minimum atomic E-state index is -1.81. The van der Waals surface area contributed by atoms with Crippen molar-refractivity contribution < 1.29 is 43.2 Å². The molecule has 0 aliphatic carbocycles. The maximum absolute atomic E-state index is 12.3. The predicted octanol–water partition coefficient (Wildman–Crippen LogP) is 4.50. The molecule has 37 heavy (non-hydrogen) atoms. The van der Waals surface area contributed by atoms with Crippen molar-refractivity contribution in [2.24, 2.45) is 23.5 Å². The second-order valence-corrected chi connectivity index (χ2v) is 10.7. The number of carbonyl (C=O) groups is 4. The smallest absolute Gasteiger partial charge is 0.480 e. The first-order chi connectivity index (χ1) is 17.1. The largest absolute Gasteiger partial charge is 0.508 e. The van der Waals surface area contributed by atoms with Gasteiger partial charge in [-0.2, -0.15) is 0 Å². The van der Waals surface area contributed by atoms with Gasteiger partial charge >= 0.3 is 24.1 Å². The number of ether oxygens (including phenoxy) is 4. The highest BCUT2D eigenvalue weighted by Gasteiger charge is 2.37. The Morgan fingerprint density at radius 3 is 1.89 bits per heavy atom. The van der Waals surface area contributed by atoms with Crippen molar-refractivity contribution in [2.45, 2.75) is 85.8 Å². The average Bonchev–Trinajstić information content (AvgIpc) is 2.72. The zero-order valence-corrected chi connectivity index (χ0v) is 22.9. The molecule has 0 saturated carbocycles. The number of nitrogens with two attached hydrogens (primary N) is 1. The van der Waals surface area contributed by atoms with E-state index < -0.39 is 35.7 Å². The Morgan fingerprint density at radius 2 is 1.41 bits per heavy atom. The monoisotopic (exact) mass is 523 g/mol. The quantitative estimate of drug-likeness (QED) is 0.263. The number of aliphatic carboxylic acids is 1. The summed E-state index contributed by atoms with van der Waals surface area (Å²) in [6.07, 6.45) is -1.81. The van der Waals surface area contributed by atoms with Crippen LogP contribution < -0.4 is 15.2 Å². The Bertz CT molecular complexity index is 942. The Labute approximate surface area is 218 Å². The second-order valence-electron chi connectivity index (χ2n) is 10.7. The highest BCUT2D eigenvalue weighted by molar-refractivity contribution is 5.79. The van der Waals surface area contributed by atoms with Crippen molar-refractivity contribution in [3.8, 4) is 11.5 Å². The van der Waals surface area contributed by atoms with Crippen LogP contribution in [0.25, 0.3) is 0 Å². The van der Waals surface area contributed by atoms with E-state index in [0.29, 0.717) is 5.56 Å². The zero-order valence-electron chi connectivity index (χ0n) is 22.9. The predicted molar refractivity (Wildman–Crippen MR) is 136 cm³/mol. The standard InChI is InChI=1S/C27H41NO9/c1-16(2)10-23(29)36-21-9-8-20(12-22(21)37-24(30)11-17(3)4)14-27(28,25(31)32)13-19(7)35-26(33)34-15-18(5)6/h8-9,12,16-19H,10-11,13-15,28H2,1-7H3,(H,31,32)/t19-,27?/m0/s1. The summed E-state index contributed by atoms with van der Waals surface area (Å²) in [5.41, 5.74) is 4.85. The molecule has 1 aromatic rings. The first-order valence-corrected chi connectivity index (χ1v) is 12.5. The normalized spacial score (nSPS) is 13.7. The van der Waals surface area contributed by atoms with Crippen LogP contribution in [0.2, 0.25) is 0 Å². The molecule has 1 unspecified atom stereocenters. The molecule has 1 rings (SSSR count). The van der Waals surface area contributed by atoms with E-state index >= 15 is 0 Å². The number of benzene rings is 1. The van der Waals surface area contributed by atoms with Gasteiger partial charge in [0.2, 0.25) is 0 Å². The second kappa shape index (κ2) is 14.6. The topological polar surface area (TPSA) is 151 Å². The van der Waals surface area contributed by atoms with E-state index in [1.807, 2.05) is 41.5 Å². The summed E-state index contributed by atoms with van der Waals surface area (Å²) < 4.78 is 21.0. The highest BCUT2D eigenvalue weighted by Crippen LogP contribution is 2.32. The van der Waals surface area contributed by atoms with Crippen LogP contribution in [0.3, 0.4) is 0 Å². The fraction of sp³-hybridized carbons (Fsp3) is 0.630. The van der Waals surface area contributed by atoms with Crippen molar-refractivity contribution in [3.05, 3.63) is 23.8 Å². The van der Waals surface area contributed by atoms with Crippen molar-refractivity contribution >= 4 is 24.1 Å². The van der Waals surface area contributed by atoms with Crippen LogP contribution in [0, 0.1) is 17.8 Å². The van der Waals surface area contributed by atoms with Crippen LogP contribution in [0.4, 0.5) is 4.79 Å². The van der Waals surface area contributed by atoms with E-state index in [1.165, 1.54) is 19.1 Å². The van der Waals surface area contributed by atoms with Gasteiger partial charge in [-0.15, -0.1) is 0 Å². The number of hydrogen-bond acceptors (Lipinski definition) is 9. The maximum Gasteiger partial charge on any atom is 0.508 e. The molecule has 0 aliphatic heterocycles. The summed E-state index contributed by atoms with van der Waals surface area (Å²) in [5.74, 6) is -2.04. The number of carbonyl (C=O) groups excluding carboxylic acids is 3. The van der Waals surface area contributed by atoms with E-state index in [2.05, 4.69) is 0 Å². The van der Waals surface area contributed by atoms with Crippen LogP contribution in [0.15, 0.2) is 18.2 Å². The van der Waals surface area contributed by atoms with Crippen molar-refractivity contribution in [1.29, 1.82) is 0 Å². The fourth-order valence-electron chi connectivity index (χ4n) is 3.41. The Kier molecular flexibility index (Phi) is 12.6. The van der Waals surface area contributed by atoms with Gasteiger partial charge in [-0.25, -0.2) is 4.79 Å². The Morgan fingerprint density at radius 1 is 0.865 bits per heavy atom. The maximum atomic E-state index is 12.3. The summed E-state index contributed by atoms with van der Waals surface area (Å²) in [6.45, 7) is 12.9. The number of esters is 2. The molecule has 1 aromatic carbocycles. The van der Waals surface area contributed by atoms with Gasteiger partial charge < -0.3 is 29.8 Å². The molecule has 0 radical (unpaired) electrons. The van der Waals surface area contributed by atoms with Gasteiger partial charge in [-0.05, 0) is 42.4 Å². The molecule has 0 fully saturated rings. The van der Waals surface area contributed by atoms with E-state index in [4.69, 9.17) is 24.7 Å². The minimum Gasteiger partial charge on any atom is -0.480 e. The minimum absolute atomic E-state index is 0.00504. The Hall–Kier alpha value is -3.14. The van der Waals surface area contributed by atoms with Gasteiger partial charge in [0, 0.05) is 25.7 Å². The average molecular weight is 524 g/mol. The summed E-state index contributed by atoms with van der Waals surface area (Å²) in [6, 6.07) is 4.42. The molecular formula is C27H41NO9. The fourth-order valence-corrected chi connectivity index (χ4v) is 3.41. The van der Waals surface area contributed by atoms with Crippen LogP contribution in [0.5, 0.6) is 11.5 Å². The van der Waals surface area contributed by atoms with E-state index in [-0.39, 0.29) is 61.5 Å². The molecule has 208 valence electrons. The first kappa shape index (κ1) is 31.9. The van der Waals surface area contributed by atoms with Gasteiger partial charge in [0.15, 0.2) is 11.5 Å². The summed E-state index contributed by atoms with van der Waals surface area (Å²) >= 11 is 0. The lowest BCUT2D eigenvalue weighted by Crippen LogP contribution is -2.52. The molecule has 10 nitrogen and oxygen atoms in total. The lowest BCUT2D eigenvalue weighted by molar-refractivity contribution is -0.144. The van der Waals surface area contributed by atoms with Gasteiger partial charge in [0.1, 0.15) is 11.6 Å². The SMILES string of the molecule is CC(C)COC(=O)O[C@@H](C)CC(N)(Cc1ccc(OC(=O)CC(C)C)c(OC(=O)CC(C)C)c1)C(=O)O. The van der Waals surface area contributed by atoms with Gasteiger partial charge in [-0.1, -0.05) is 47.6 Å². The Balaban J connectivity index is 3.13. The molecule has 2 atom stereocenters.